The van der Waals surface area contributed by atoms with Crippen molar-refractivity contribution in [1.82, 2.24) is 20.1 Å². The van der Waals surface area contributed by atoms with Gasteiger partial charge in [0.2, 0.25) is 5.89 Å². The van der Waals surface area contributed by atoms with Crippen LogP contribution in [0.2, 0.25) is 0 Å². The van der Waals surface area contributed by atoms with Crippen LogP contribution in [0.5, 0.6) is 5.75 Å². The molecule has 1 aliphatic heterocycles. The van der Waals surface area contributed by atoms with Gasteiger partial charge >= 0.3 is 0 Å². The van der Waals surface area contributed by atoms with Gasteiger partial charge in [-0.15, -0.1) is 0 Å². The summed E-state index contributed by atoms with van der Waals surface area (Å²) < 4.78 is 16.6. The molecule has 0 radical (unpaired) electrons. The van der Waals surface area contributed by atoms with Crippen molar-refractivity contribution >= 4 is 5.91 Å². The van der Waals surface area contributed by atoms with E-state index in [-0.39, 0.29) is 17.6 Å². The first kappa shape index (κ1) is 24.9. The summed E-state index contributed by atoms with van der Waals surface area (Å²) in [6, 6.07) is 17.8. The van der Waals surface area contributed by atoms with E-state index >= 15 is 0 Å². The van der Waals surface area contributed by atoms with Crippen molar-refractivity contribution in [2.24, 2.45) is 0 Å². The van der Waals surface area contributed by atoms with E-state index in [9.17, 15) is 4.79 Å². The minimum atomic E-state index is -0.246. The summed E-state index contributed by atoms with van der Waals surface area (Å²) >= 11 is 0. The van der Waals surface area contributed by atoms with E-state index < -0.39 is 0 Å². The number of rotatable bonds is 11. The van der Waals surface area contributed by atoms with Crippen LogP contribution >= 0.6 is 0 Å². The Morgan fingerprint density at radius 1 is 1.14 bits per heavy atom. The fourth-order valence-electron chi connectivity index (χ4n) is 4.13. The van der Waals surface area contributed by atoms with Gasteiger partial charge in [0.15, 0.2) is 5.69 Å². The van der Waals surface area contributed by atoms with Crippen molar-refractivity contribution in [3.8, 4) is 5.75 Å². The lowest BCUT2D eigenvalue weighted by atomic mass is 10.1. The molecule has 4 rings (SSSR count). The lowest BCUT2D eigenvalue weighted by Gasteiger charge is -2.29. The van der Waals surface area contributed by atoms with Gasteiger partial charge in [0.05, 0.1) is 32.9 Å². The topological polar surface area (TPSA) is 80.1 Å². The molecule has 1 aromatic heterocycles. The number of methoxy groups -OCH3 is 1. The highest BCUT2D eigenvalue weighted by Gasteiger charge is 2.19. The van der Waals surface area contributed by atoms with Crippen molar-refractivity contribution in [3.05, 3.63) is 83.6 Å². The molecule has 1 fully saturated rings. The minimum absolute atomic E-state index is 0.123. The van der Waals surface area contributed by atoms with Gasteiger partial charge in [0, 0.05) is 32.7 Å². The van der Waals surface area contributed by atoms with Crippen molar-refractivity contribution < 1.29 is 18.7 Å². The zero-order valence-electron chi connectivity index (χ0n) is 20.5. The summed E-state index contributed by atoms with van der Waals surface area (Å²) in [7, 11) is 1.67. The summed E-state index contributed by atoms with van der Waals surface area (Å²) in [6.07, 6.45) is 1.44. The van der Waals surface area contributed by atoms with Crippen molar-refractivity contribution in [3.63, 3.8) is 0 Å². The van der Waals surface area contributed by atoms with Crippen LogP contribution in [-0.2, 0) is 17.8 Å². The third-order valence-corrected chi connectivity index (χ3v) is 6.17. The van der Waals surface area contributed by atoms with Crippen molar-refractivity contribution in [1.29, 1.82) is 0 Å². The number of ether oxygens (including phenoxy) is 2. The molecular formula is C27H34N4O4. The molecule has 0 saturated carbocycles. The maximum atomic E-state index is 12.7. The molecule has 1 N–H and O–H groups in total. The smallest absolute Gasteiger partial charge is 0.273 e. The fraction of sp³-hybridized carbons (Fsp3) is 0.407. The molecule has 8 nitrogen and oxygen atoms in total. The number of nitrogens with one attached hydrogen (secondary N) is 1. The normalized spacial score (nSPS) is 15.2. The van der Waals surface area contributed by atoms with Crippen molar-refractivity contribution in [2.75, 3.05) is 46.5 Å². The Morgan fingerprint density at radius 3 is 2.71 bits per heavy atom. The molecule has 0 aliphatic carbocycles. The van der Waals surface area contributed by atoms with E-state index in [0.717, 1.165) is 62.8 Å². The lowest BCUT2D eigenvalue weighted by Crippen LogP contribution is -2.41. The highest BCUT2D eigenvalue weighted by Crippen LogP contribution is 2.17. The number of carbonyl (C=O) groups excluding carboxylic acids is 1. The number of nitrogens with zero attached hydrogens (tertiary/aromatic N) is 3. The summed E-state index contributed by atoms with van der Waals surface area (Å²) in [5.74, 6) is 1.11. The number of aromatic nitrogens is 1. The first-order chi connectivity index (χ1) is 17.1. The highest BCUT2D eigenvalue weighted by molar-refractivity contribution is 5.92. The molecule has 1 aliphatic rings. The second kappa shape index (κ2) is 12.5. The Bertz CT molecular complexity index is 1070. The molecule has 1 saturated heterocycles. The van der Waals surface area contributed by atoms with Gasteiger partial charge in [-0.3, -0.25) is 14.6 Å². The number of hydrogen-bond donors (Lipinski definition) is 1. The predicted octanol–water partition coefficient (Wildman–Crippen LogP) is 3.51. The van der Waals surface area contributed by atoms with Crippen LogP contribution in [0, 0.1) is 0 Å². The second-order valence-electron chi connectivity index (χ2n) is 8.75. The largest absolute Gasteiger partial charge is 0.497 e. The molecule has 186 valence electrons. The lowest BCUT2D eigenvalue weighted by molar-refractivity contribution is 0.0320. The van der Waals surface area contributed by atoms with Crippen LogP contribution in [0.1, 0.15) is 40.5 Å². The van der Waals surface area contributed by atoms with E-state index in [1.807, 2.05) is 55.5 Å². The van der Waals surface area contributed by atoms with Crippen LogP contribution in [0.4, 0.5) is 0 Å². The Kier molecular flexibility index (Phi) is 8.89. The SMILES string of the molecule is COc1cccc(CN(CCN2CCOCC2)Cc2nc(C(=O)N[C@H](C)c3ccccc3)co2)c1. The van der Waals surface area contributed by atoms with Gasteiger partial charge in [0.1, 0.15) is 12.0 Å². The van der Waals surface area contributed by atoms with E-state index in [1.54, 1.807) is 7.11 Å². The Balaban J connectivity index is 1.40. The molecule has 0 spiro atoms. The Labute approximate surface area is 206 Å². The standard InChI is InChI=1S/C27H34N4O4/c1-21(23-8-4-3-5-9-23)28-27(32)25-20-35-26(29-25)19-31(12-11-30-13-15-34-16-14-30)18-22-7-6-10-24(17-22)33-2/h3-10,17,20-21H,11-16,18-19H2,1-2H3,(H,28,32)/t21-/m1/s1. The minimum Gasteiger partial charge on any atom is -0.497 e. The van der Waals surface area contributed by atoms with E-state index in [2.05, 4.69) is 26.2 Å². The number of oxazole rings is 1. The number of morpholine rings is 1. The molecule has 3 aromatic rings. The zero-order chi connectivity index (χ0) is 24.5. The van der Waals surface area contributed by atoms with E-state index in [0.29, 0.717) is 12.4 Å². The average Bonchev–Trinajstić information content (AvgIpc) is 3.37. The molecule has 1 amide bonds. The van der Waals surface area contributed by atoms with Gasteiger partial charge < -0.3 is 19.2 Å². The number of amides is 1. The van der Waals surface area contributed by atoms with Gasteiger partial charge in [-0.05, 0) is 30.2 Å². The Hall–Kier alpha value is -3.20. The fourth-order valence-corrected chi connectivity index (χ4v) is 4.13. The first-order valence-corrected chi connectivity index (χ1v) is 12.1. The molecule has 8 heteroatoms. The monoisotopic (exact) mass is 478 g/mol. The average molecular weight is 479 g/mol. The van der Waals surface area contributed by atoms with Gasteiger partial charge in [0.25, 0.3) is 5.91 Å². The molecule has 1 atom stereocenters. The molecule has 2 heterocycles. The Morgan fingerprint density at radius 2 is 1.94 bits per heavy atom. The number of carbonyl (C=O) groups is 1. The summed E-state index contributed by atoms with van der Waals surface area (Å²) in [5, 5.41) is 2.99. The van der Waals surface area contributed by atoms with E-state index in [1.165, 1.54) is 6.26 Å². The maximum Gasteiger partial charge on any atom is 0.273 e. The van der Waals surface area contributed by atoms with Crippen LogP contribution in [0.15, 0.2) is 65.3 Å². The second-order valence-corrected chi connectivity index (χ2v) is 8.75. The zero-order valence-corrected chi connectivity index (χ0v) is 20.5. The molecule has 35 heavy (non-hydrogen) atoms. The maximum absolute atomic E-state index is 12.7. The molecule has 2 aromatic carbocycles. The highest BCUT2D eigenvalue weighted by atomic mass is 16.5. The van der Waals surface area contributed by atoms with Crippen molar-refractivity contribution in [2.45, 2.75) is 26.1 Å². The number of benzene rings is 2. The predicted molar refractivity (Wildman–Crippen MR) is 133 cm³/mol. The van der Waals surface area contributed by atoms with Crippen LogP contribution < -0.4 is 10.1 Å². The third-order valence-electron chi connectivity index (χ3n) is 6.17. The van der Waals surface area contributed by atoms with Crippen LogP contribution in [0.25, 0.3) is 0 Å². The molecular weight excluding hydrogens is 444 g/mol. The first-order valence-electron chi connectivity index (χ1n) is 12.1. The third kappa shape index (κ3) is 7.39. The number of hydrogen-bond acceptors (Lipinski definition) is 7. The van der Waals surface area contributed by atoms with Crippen LogP contribution in [0.3, 0.4) is 0 Å². The van der Waals surface area contributed by atoms with Gasteiger partial charge in [-0.2, -0.15) is 0 Å². The van der Waals surface area contributed by atoms with Gasteiger partial charge in [-0.1, -0.05) is 42.5 Å². The molecule has 0 bridgehead atoms. The van der Waals surface area contributed by atoms with Gasteiger partial charge in [-0.25, -0.2) is 4.98 Å². The van der Waals surface area contributed by atoms with Crippen LogP contribution in [-0.4, -0.2) is 67.2 Å². The summed E-state index contributed by atoms with van der Waals surface area (Å²) in [4.78, 5) is 21.9. The summed E-state index contributed by atoms with van der Waals surface area (Å²) in [6.45, 7) is 8.37. The quantitative estimate of drug-likeness (QED) is 0.452. The van der Waals surface area contributed by atoms with E-state index in [4.69, 9.17) is 13.9 Å². The molecule has 0 unspecified atom stereocenters. The summed E-state index contributed by atoms with van der Waals surface area (Å²) in [5.41, 5.74) is 2.47.